The Labute approximate surface area is 478 Å². The molecule has 0 saturated heterocycles. The summed E-state index contributed by atoms with van der Waals surface area (Å²) in [4.78, 5) is 38.2. The Balaban J connectivity index is 4.18. The van der Waals surface area contributed by atoms with Crippen molar-refractivity contribution in [2.24, 2.45) is 0 Å². The Morgan fingerprint density at radius 1 is 0.273 bits per heavy atom. The Kier molecular flexibility index (Phi) is 62.7. The maximum absolute atomic E-state index is 12.9. The summed E-state index contributed by atoms with van der Waals surface area (Å²) in [5, 5.41) is 0. The quantitative estimate of drug-likeness (QED) is 0.0261. The molecule has 0 amide bonds. The molecule has 0 rings (SSSR count). The zero-order valence-electron chi connectivity index (χ0n) is 51.2. The number of rotatable bonds is 61. The van der Waals surface area contributed by atoms with E-state index < -0.39 is 6.10 Å². The van der Waals surface area contributed by atoms with Crippen molar-refractivity contribution in [2.45, 2.75) is 348 Å². The average molecular weight is 1080 g/mol. The van der Waals surface area contributed by atoms with Crippen LogP contribution >= 0.6 is 0 Å². The number of carbonyl (C=O) groups is 3. The summed E-state index contributed by atoms with van der Waals surface area (Å²) >= 11 is 0. The highest BCUT2D eigenvalue weighted by molar-refractivity contribution is 5.71. The zero-order chi connectivity index (χ0) is 55.7. The Morgan fingerprint density at radius 2 is 0.506 bits per heavy atom. The van der Waals surface area contributed by atoms with Gasteiger partial charge < -0.3 is 14.2 Å². The van der Waals surface area contributed by atoms with E-state index >= 15 is 0 Å². The van der Waals surface area contributed by atoms with Crippen molar-refractivity contribution in [1.82, 2.24) is 0 Å². The van der Waals surface area contributed by atoms with Gasteiger partial charge in [-0.2, -0.15) is 0 Å². The van der Waals surface area contributed by atoms with Crippen molar-refractivity contribution in [2.75, 3.05) is 13.2 Å². The van der Waals surface area contributed by atoms with Crippen LogP contribution in [0.4, 0.5) is 0 Å². The lowest BCUT2D eigenvalue weighted by molar-refractivity contribution is -0.167. The van der Waals surface area contributed by atoms with Gasteiger partial charge in [-0.3, -0.25) is 14.4 Å². The molecule has 6 heteroatoms. The van der Waals surface area contributed by atoms with Gasteiger partial charge in [-0.1, -0.05) is 306 Å². The molecule has 1 unspecified atom stereocenters. The maximum Gasteiger partial charge on any atom is 0.306 e. The third-order valence-electron chi connectivity index (χ3n) is 14.7. The standard InChI is InChI=1S/C71H126O6/c1-4-7-10-13-16-19-21-23-25-27-29-31-33-34-35-36-38-39-41-43-45-47-49-52-55-58-61-64-70(73)76-67-68(66-75-69(72)63-60-57-54-51-18-15-12-9-6-3)77-71(74)65-62-59-56-53-50-48-46-44-42-40-37-32-30-28-26-24-22-20-17-14-11-8-5-2/h8,11,17,20,24,26-27,29-30,32,40,42,68H,4-7,9-10,12-16,18-19,21-23,25,28,31,33-39,41,43-67H2,1-3H3/b11-8-,20-17-,26-24-,29-27-,32-30-,42-40-. The SMILES string of the molecule is CC/C=C\C/C=C\C/C=C\C/C=C\C/C=C\CCCCCCCCCC(=O)OC(COC(=O)CCCCCCCCCCC)COC(=O)CCCCCCCCCCCCCCCCC/C=C\CCCCCCCCCC. The molecule has 0 aliphatic heterocycles. The first kappa shape index (κ1) is 73.8. The summed E-state index contributed by atoms with van der Waals surface area (Å²) in [5.41, 5.74) is 0. The molecule has 0 spiro atoms. The van der Waals surface area contributed by atoms with E-state index in [-0.39, 0.29) is 31.1 Å². The second-order valence-electron chi connectivity index (χ2n) is 22.4. The van der Waals surface area contributed by atoms with E-state index in [1.165, 1.54) is 205 Å². The largest absolute Gasteiger partial charge is 0.462 e. The van der Waals surface area contributed by atoms with Gasteiger partial charge in [0.05, 0.1) is 0 Å². The molecule has 0 bridgehead atoms. The first-order valence-corrected chi connectivity index (χ1v) is 33.4. The van der Waals surface area contributed by atoms with Gasteiger partial charge in [-0.25, -0.2) is 0 Å². The highest BCUT2D eigenvalue weighted by Crippen LogP contribution is 2.17. The second kappa shape index (κ2) is 65.4. The maximum atomic E-state index is 12.9. The van der Waals surface area contributed by atoms with E-state index in [1.807, 2.05) is 0 Å². The van der Waals surface area contributed by atoms with Crippen molar-refractivity contribution in [3.8, 4) is 0 Å². The van der Waals surface area contributed by atoms with Crippen molar-refractivity contribution in [3.63, 3.8) is 0 Å². The number of unbranched alkanes of at least 4 members (excludes halogenated alkanes) is 38. The van der Waals surface area contributed by atoms with Gasteiger partial charge >= 0.3 is 17.9 Å². The molecule has 0 aliphatic carbocycles. The van der Waals surface area contributed by atoms with Crippen LogP contribution in [0.2, 0.25) is 0 Å². The molecule has 0 aromatic carbocycles. The predicted molar refractivity (Wildman–Crippen MR) is 335 cm³/mol. The fourth-order valence-corrected chi connectivity index (χ4v) is 9.70. The molecule has 0 aliphatic rings. The smallest absolute Gasteiger partial charge is 0.306 e. The van der Waals surface area contributed by atoms with Crippen LogP contribution in [0.25, 0.3) is 0 Å². The van der Waals surface area contributed by atoms with Crippen molar-refractivity contribution < 1.29 is 28.6 Å². The van der Waals surface area contributed by atoms with E-state index in [2.05, 4.69) is 93.7 Å². The molecule has 1 atom stereocenters. The van der Waals surface area contributed by atoms with E-state index in [0.29, 0.717) is 19.3 Å². The molecule has 0 aromatic rings. The molecule has 77 heavy (non-hydrogen) atoms. The Bertz CT molecular complexity index is 1420. The summed E-state index contributed by atoms with van der Waals surface area (Å²) in [5.74, 6) is -0.874. The van der Waals surface area contributed by atoms with Gasteiger partial charge in [-0.05, 0) is 89.9 Å². The summed E-state index contributed by atoms with van der Waals surface area (Å²) in [6, 6.07) is 0. The molecule has 446 valence electrons. The topological polar surface area (TPSA) is 78.9 Å². The first-order chi connectivity index (χ1) is 38.0. The molecule has 0 saturated carbocycles. The lowest BCUT2D eigenvalue weighted by Crippen LogP contribution is -2.30. The molecule has 0 N–H and O–H groups in total. The van der Waals surface area contributed by atoms with Crippen LogP contribution in [0.3, 0.4) is 0 Å². The highest BCUT2D eigenvalue weighted by Gasteiger charge is 2.19. The van der Waals surface area contributed by atoms with Crippen LogP contribution in [0.1, 0.15) is 342 Å². The number of hydrogen-bond acceptors (Lipinski definition) is 6. The van der Waals surface area contributed by atoms with Crippen molar-refractivity contribution in [1.29, 1.82) is 0 Å². The average Bonchev–Trinajstić information content (AvgIpc) is 3.43. The third-order valence-corrected chi connectivity index (χ3v) is 14.7. The second-order valence-corrected chi connectivity index (χ2v) is 22.4. The number of carbonyl (C=O) groups excluding carboxylic acids is 3. The lowest BCUT2D eigenvalue weighted by atomic mass is 10.0. The van der Waals surface area contributed by atoms with E-state index in [4.69, 9.17) is 14.2 Å². The predicted octanol–water partition coefficient (Wildman–Crippen LogP) is 22.9. The Morgan fingerprint density at radius 3 is 0.805 bits per heavy atom. The molecular formula is C71H126O6. The number of hydrogen-bond donors (Lipinski definition) is 0. The van der Waals surface area contributed by atoms with Crippen LogP contribution in [-0.2, 0) is 28.6 Å². The summed E-state index contributed by atoms with van der Waals surface area (Å²) in [7, 11) is 0. The molecule has 0 fully saturated rings. The molecule has 0 heterocycles. The van der Waals surface area contributed by atoms with Gasteiger partial charge in [0.1, 0.15) is 13.2 Å². The van der Waals surface area contributed by atoms with Crippen LogP contribution in [0.15, 0.2) is 72.9 Å². The highest BCUT2D eigenvalue weighted by atomic mass is 16.6. The number of esters is 3. The van der Waals surface area contributed by atoms with E-state index in [0.717, 1.165) is 96.3 Å². The minimum atomic E-state index is -0.780. The lowest BCUT2D eigenvalue weighted by Gasteiger charge is -2.18. The van der Waals surface area contributed by atoms with Crippen molar-refractivity contribution in [3.05, 3.63) is 72.9 Å². The monoisotopic (exact) mass is 1070 g/mol. The minimum Gasteiger partial charge on any atom is -0.462 e. The van der Waals surface area contributed by atoms with Gasteiger partial charge in [-0.15, -0.1) is 0 Å². The summed E-state index contributed by atoms with van der Waals surface area (Å²) in [6.07, 6.45) is 85.0. The van der Waals surface area contributed by atoms with Crippen LogP contribution in [-0.4, -0.2) is 37.2 Å². The molecule has 0 aromatic heterocycles. The molecule has 6 nitrogen and oxygen atoms in total. The van der Waals surface area contributed by atoms with Gasteiger partial charge in [0.15, 0.2) is 6.10 Å². The fourth-order valence-electron chi connectivity index (χ4n) is 9.70. The van der Waals surface area contributed by atoms with Crippen LogP contribution in [0, 0.1) is 0 Å². The summed E-state index contributed by atoms with van der Waals surface area (Å²) < 4.78 is 16.9. The third kappa shape index (κ3) is 63.6. The van der Waals surface area contributed by atoms with E-state index in [1.54, 1.807) is 0 Å². The minimum absolute atomic E-state index is 0.0766. The number of allylic oxidation sites excluding steroid dienone is 12. The molecular weight excluding hydrogens is 949 g/mol. The normalized spacial score (nSPS) is 12.5. The van der Waals surface area contributed by atoms with Crippen LogP contribution < -0.4 is 0 Å². The summed E-state index contributed by atoms with van der Waals surface area (Å²) in [6.45, 7) is 6.54. The van der Waals surface area contributed by atoms with Crippen LogP contribution in [0.5, 0.6) is 0 Å². The van der Waals surface area contributed by atoms with Gasteiger partial charge in [0.2, 0.25) is 0 Å². The Hall–Kier alpha value is -3.15. The number of ether oxygens (including phenoxy) is 3. The van der Waals surface area contributed by atoms with E-state index in [9.17, 15) is 14.4 Å². The van der Waals surface area contributed by atoms with Gasteiger partial charge in [0.25, 0.3) is 0 Å². The first-order valence-electron chi connectivity index (χ1n) is 33.4. The van der Waals surface area contributed by atoms with Crippen molar-refractivity contribution >= 4 is 17.9 Å². The zero-order valence-corrected chi connectivity index (χ0v) is 51.2. The van der Waals surface area contributed by atoms with Gasteiger partial charge in [0, 0.05) is 19.3 Å². The fraction of sp³-hybridized carbons (Fsp3) is 0.789. The molecule has 0 radical (unpaired) electrons.